The van der Waals surface area contributed by atoms with Gasteiger partial charge in [-0.1, -0.05) is 46.3 Å². The molecule has 0 saturated heterocycles. The van der Waals surface area contributed by atoms with E-state index in [0.717, 1.165) is 0 Å². The Morgan fingerprint density at radius 1 is 1.27 bits per heavy atom. The van der Waals surface area contributed by atoms with E-state index in [4.69, 9.17) is 5.11 Å². The summed E-state index contributed by atoms with van der Waals surface area (Å²) in [4.78, 5) is 22.2. The molecular weight excluding hydrogens is 260 g/mol. The van der Waals surface area contributed by atoms with Crippen LogP contribution in [0.3, 0.4) is 0 Å². The first-order chi connectivity index (χ1) is 7.04. The van der Waals surface area contributed by atoms with Crippen LogP contribution in [0.4, 0.5) is 0 Å². The van der Waals surface area contributed by atoms with Crippen LogP contribution in [0.5, 0.6) is 0 Å². The van der Waals surface area contributed by atoms with E-state index in [1.165, 1.54) is 0 Å². The Kier molecular flexibility index (Phi) is 4.03. The monoisotopic (exact) mass is 270 g/mol. The molecule has 15 heavy (non-hydrogen) atoms. The number of halogens is 1. The second-order valence-electron chi connectivity index (χ2n) is 3.20. The summed E-state index contributed by atoms with van der Waals surface area (Å²) in [5.41, 5.74) is 0.515. The van der Waals surface area contributed by atoms with E-state index in [1.807, 2.05) is 0 Å². The fourth-order valence-electron chi connectivity index (χ4n) is 1.30. The lowest BCUT2D eigenvalue weighted by atomic mass is 9.93. The van der Waals surface area contributed by atoms with E-state index in [2.05, 4.69) is 15.9 Å². The van der Waals surface area contributed by atoms with Gasteiger partial charge in [0.05, 0.1) is 4.83 Å². The SMILES string of the molecule is CC(Br)C(=O)C(C(=O)O)c1ccccc1. The molecule has 2 unspecified atom stereocenters. The van der Waals surface area contributed by atoms with Crippen LogP contribution in [0, 0.1) is 0 Å². The molecule has 80 valence electrons. The zero-order chi connectivity index (χ0) is 11.4. The Hall–Kier alpha value is -1.16. The molecule has 1 aromatic rings. The predicted molar refractivity (Wildman–Crippen MR) is 60.2 cm³/mol. The van der Waals surface area contributed by atoms with Crippen molar-refractivity contribution >= 4 is 27.7 Å². The van der Waals surface area contributed by atoms with Crippen molar-refractivity contribution in [2.24, 2.45) is 0 Å². The highest BCUT2D eigenvalue weighted by Gasteiger charge is 2.30. The number of Topliss-reactive ketones (excluding diaryl/α,β-unsaturated/α-hetero) is 1. The minimum atomic E-state index is -1.11. The van der Waals surface area contributed by atoms with Gasteiger partial charge >= 0.3 is 5.97 Å². The average molecular weight is 271 g/mol. The molecule has 2 atom stereocenters. The number of ketones is 1. The molecule has 0 aromatic heterocycles. The number of alkyl halides is 1. The molecule has 1 aromatic carbocycles. The maximum absolute atomic E-state index is 11.7. The third kappa shape index (κ3) is 2.89. The second kappa shape index (κ2) is 5.07. The number of carboxylic acids is 1. The Labute approximate surface area is 96.2 Å². The maximum atomic E-state index is 11.7. The van der Waals surface area contributed by atoms with E-state index in [0.29, 0.717) is 5.56 Å². The van der Waals surface area contributed by atoms with Crippen LogP contribution in [0.15, 0.2) is 30.3 Å². The molecule has 0 bridgehead atoms. The van der Waals surface area contributed by atoms with Crippen molar-refractivity contribution in [3.63, 3.8) is 0 Å². The number of carboxylic acid groups (broad SMARTS) is 1. The number of carbonyl (C=O) groups excluding carboxylic acids is 1. The number of hydrogen-bond donors (Lipinski definition) is 1. The summed E-state index contributed by atoms with van der Waals surface area (Å²) in [5.74, 6) is -2.54. The normalized spacial score (nSPS) is 14.3. The highest BCUT2D eigenvalue weighted by atomic mass is 79.9. The van der Waals surface area contributed by atoms with Crippen molar-refractivity contribution in [1.29, 1.82) is 0 Å². The van der Waals surface area contributed by atoms with Crippen LogP contribution < -0.4 is 0 Å². The Balaban J connectivity index is 3.05. The van der Waals surface area contributed by atoms with Crippen molar-refractivity contribution in [1.82, 2.24) is 0 Å². The number of benzene rings is 1. The summed E-state index contributed by atoms with van der Waals surface area (Å²) >= 11 is 3.09. The third-order valence-corrected chi connectivity index (χ3v) is 2.51. The van der Waals surface area contributed by atoms with Crippen LogP contribution in [0.25, 0.3) is 0 Å². The van der Waals surface area contributed by atoms with Gasteiger partial charge in [0.1, 0.15) is 5.92 Å². The Morgan fingerprint density at radius 2 is 1.80 bits per heavy atom. The third-order valence-electron chi connectivity index (χ3n) is 2.06. The average Bonchev–Trinajstić information content (AvgIpc) is 2.18. The van der Waals surface area contributed by atoms with Gasteiger partial charge in [-0.25, -0.2) is 0 Å². The highest BCUT2D eigenvalue weighted by Crippen LogP contribution is 2.20. The Morgan fingerprint density at radius 3 is 2.20 bits per heavy atom. The standard InChI is InChI=1S/C11H11BrO3/c1-7(12)10(13)9(11(14)15)8-5-3-2-4-6-8/h2-7,9H,1H3,(H,14,15). The lowest BCUT2D eigenvalue weighted by Crippen LogP contribution is -2.26. The lowest BCUT2D eigenvalue weighted by molar-refractivity contribution is -0.142. The fraction of sp³-hybridized carbons (Fsp3) is 0.273. The molecule has 3 nitrogen and oxygen atoms in total. The predicted octanol–water partition coefficient (Wildman–Crippen LogP) is 2.21. The highest BCUT2D eigenvalue weighted by molar-refractivity contribution is 9.10. The molecular formula is C11H11BrO3. The minimum Gasteiger partial charge on any atom is -0.480 e. The lowest BCUT2D eigenvalue weighted by Gasteiger charge is -2.12. The van der Waals surface area contributed by atoms with Crippen LogP contribution in [-0.2, 0) is 9.59 Å². The number of aliphatic carboxylic acids is 1. The van der Waals surface area contributed by atoms with Crippen LogP contribution in [-0.4, -0.2) is 21.7 Å². The molecule has 0 aliphatic carbocycles. The summed E-state index contributed by atoms with van der Waals surface area (Å²) in [6.07, 6.45) is 0. The molecule has 0 spiro atoms. The minimum absolute atomic E-state index is 0.339. The van der Waals surface area contributed by atoms with E-state index >= 15 is 0 Å². The zero-order valence-electron chi connectivity index (χ0n) is 8.18. The van der Waals surface area contributed by atoms with Gasteiger partial charge in [-0.15, -0.1) is 0 Å². The molecule has 0 aliphatic heterocycles. The summed E-state index contributed by atoms with van der Waals surface area (Å²) < 4.78 is 0. The van der Waals surface area contributed by atoms with Gasteiger partial charge in [0.25, 0.3) is 0 Å². The van der Waals surface area contributed by atoms with Gasteiger partial charge < -0.3 is 5.11 Å². The van der Waals surface area contributed by atoms with E-state index in [-0.39, 0.29) is 5.78 Å². The van der Waals surface area contributed by atoms with Crippen molar-refractivity contribution < 1.29 is 14.7 Å². The van der Waals surface area contributed by atoms with E-state index in [1.54, 1.807) is 37.3 Å². The van der Waals surface area contributed by atoms with Crippen LogP contribution >= 0.6 is 15.9 Å². The zero-order valence-corrected chi connectivity index (χ0v) is 9.77. The quantitative estimate of drug-likeness (QED) is 0.674. The van der Waals surface area contributed by atoms with Crippen molar-refractivity contribution in [3.8, 4) is 0 Å². The molecule has 0 saturated carbocycles. The van der Waals surface area contributed by atoms with Crippen LogP contribution in [0.2, 0.25) is 0 Å². The number of rotatable bonds is 4. The smallest absolute Gasteiger partial charge is 0.318 e. The molecule has 1 rings (SSSR count). The molecule has 0 radical (unpaired) electrons. The van der Waals surface area contributed by atoms with Gasteiger partial charge in [0, 0.05) is 0 Å². The summed E-state index contributed by atoms with van der Waals surface area (Å²) in [6.45, 7) is 1.63. The first-order valence-corrected chi connectivity index (χ1v) is 5.41. The van der Waals surface area contributed by atoms with Crippen LogP contribution in [0.1, 0.15) is 18.4 Å². The van der Waals surface area contributed by atoms with Gasteiger partial charge in [-0.05, 0) is 12.5 Å². The molecule has 4 heteroatoms. The van der Waals surface area contributed by atoms with Gasteiger partial charge in [0.15, 0.2) is 5.78 Å². The fourth-order valence-corrected chi connectivity index (χ4v) is 1.57. The van der Waals surface area contributed by atoms with Gasteiger partial charge in [-0.3, -0.25) is 9.59 Å². The summed E-state index contributed by atoms with van der Waals surface area (Å²) in [5, 5.41) is 9.00. The molecule has 0 amide bonds. The molecule has 1 N–H and O–H groups in total. The second-order valence-corrected chi connectivity index (χ2v) is 4.57. The molecule has 0 fully saturated rings. The van der Waals surface area contributed by atoms with Crippen molar-refractivity contribution in [3.05, 3.63) is 35.9 Å². The number of carbonyl (C=O) groups is 2. The van der Waals surface area contributed by atoms with Crippen molar-refractivity contribution in [2.45, 2.75) is 17.7 Å². The molecule has 0 aliphatic rings. The summed E-state index contributed by atoms with van der Waals surface area (Å²) in [6, 6.07) is 8.51. The number of hydrogen-bond acceptors (Lipinski definition) is 2. The first kappa shape index (κ1) is 11.9. The summed E-state index contributed by atoms with van der Waals surface area (Å²) in [7, 11) is 0. The largest absolute Gasteiger partial charge is 0.480 e. The molecule has 0 heterocycles. The van der Waals surface area contributed by atoms with Gasteiger partial charge in [0.2, 0.25) is 0 Å². The maximum Gasteiger partial charge on any atom is 0.318 e. The topological polar surface area (TPSA) is 54.4 Å². The van der Waals surface area contributed by atoms with Crippen molar-refractivity contribution in [2.75, 3.05) is 0 Å². The van der Waals surface area contributed by atoms with E-state index in [9.17, 15) is 9.59 Å². The first-order valence-electron chi connectivity index (χ1n) is 4.49. The van der Waals surface area contributed by atoms with Gasteiger partial charge in [-0.2, -0.15) is 0 Å². The van der Waals surface area contributed by atoms with E-state index < -0.39 is 16.7 Å². The Bertz CT molecular complexity index is 359.